The smallest absolute Gasteiger partial charge is 0.222 e. The number of ether oxygens (including phenoxy) is 3. The average molecular weight is 464 g/mol. The molecule has 32 heavy (non-hydrogen) atoms. The summed E-state index contributed by atoms with van der Waals surface area (Å²) < 4.78 is 31.5. The molecule has 1 amide bonds. The predicted molar refractivity (Wildman–Crippen MR) is 118 cm³/mol. The van der Waals surface area contributed by atoms with E-state index in [4.69, 9.17) is 30.9 Å². The maximum Gasteiger partial charge on any atom is 0.222 e. The van der Waals surface area contributed by atoms with Gasteiger partial charge < -0.3 is 24.6 Å². The summed E-state index contributed by atoms with van der Waals surface area (Å²) in [6, 6.07) is 9.87. The first-order chi connectivity index (χ1) is 15.4. The first-order valence-corrected chi connectivity index (χ1v) is 11.2. The fourth-order valence-electron chi connectivity index (χ4n) is 4.31. The third kappa shape index (κ3) is 5.17. The molecule has 2 aliphatic rings. The van der Waals surface area contributed by atoms with E-state index in [1.165, 1.54) is 12.1 Å². The topological polar surface area (TPSA) is 77.0 Å². The number of carbonyl (C=O) groups is 1. The van der Waals surface area contributed by atoms with Crippen molar-refractivity contribution in [2.24, 2.45) is 0 Å². The van der Waals surface area contributed by atoms with Crippen LogP contribution < -0.4 is 14.8 Å². The van der Waals surface area contributed by atoms with Gasteiger partial charge in [-0.1, -0.05) is 23.7 Å². The van der Waals surface area contributed by atoms with E-state index in [0.29, 0.717) is 42.6 Å². The van der Waals surface area contributed by atoms with Crippen molar-refractivity contribution in [3.63, 3.8) is 0 Å². The molecule has 8 heteroatoms. The van der Waals surface area contributed by atoms with Crippen molar-refractivity contribution in [1.82, 2.24) is 5.32 Å². The number of hydrogen-bond donors (Lipinski definition) is 2. The van der Waals surface area contributed by atoms with Crippen molar-refractivity contribution in [3.8, 4) is 11.5 Å². The Bertz CT molecular complexity index is 970. The molecule has 2 aliphatic heterocycles. The van der Waals surface area contributed by atoms with Crippen molar-refractivity contribution >= 4 is 17.5 Å². The highest BCUT2D eigenvalue weighted by atomic mass is 35.5. The molecule has 2 aromatic carbocycles. The highest BCUT2D eigenvalue weighted by Crippen LogP contribution is 2.47. The summed E-state index contributed by atoms with van der Waals surface area (Å²) in [4.78, 5) is 12.3. The number of nitrogens with one attached hydrogen (secondary N) is 1. The molecular formula is C24H27ClFNO5. The zero-order chi connectivity index (χ0) is 22.7. The molecule has 0 aromatic heterocycles. The van der Waals surface area contributed by atoms with Crippen LogP contribution >= 0.6 is 11.6 Å². The Morgan fingerprint density at radius 2 is 1.84 bits per heavy atom. The Balaban J connectivity index is 1.67. The van der Waals surface area contributed by atoms with Crippen LogP contribution in [-0.2, 0) is 9.53 Å². The molecule has 2 N–H and O–H groups in total. The van der Waals surface area contributed by atoms with Crippen molar-refractivity contribution in [2.75, 3.05) is 19.8 Å². The SMILES string of the molecule is C[C@]1(NC(=O)CCO)C[C@@H](c2ccc(F)cc2)O[C@@H](c2cc(Cl)c3c(c2)OCCCO3)C1. The first kappa shape index (κ1) is 22.8. The van der Waals surface area contributed by atoms with Crippen molar-refractivity contribution in [2.45, 2.75) is 50.4 Å². The molecule has 0 spiro atoms. The second kappa shape index (κ2) is 9.65. The van der Waals surface area contributed by atoms with Crippen LogP contribution in [0.2, 0.25) is 5.02 Å². The zero-order valence-corrected chi connectivity index (χ0v) is 18.7. The second-order valence-corrected chi connectivity index (χ2v) is 8.94. The molecule has 1 saturated heterocycles. The van der Waals surface area contributed by atoms with E-state index in [1.807, 2.05) is 19.1 Å². The number of benzene rings is 2. The third-order valence-electron chi connectivity index (χ3n) is 5.82. The monoisotopic (exact) mass is 463 g/mol. The lowest BCUT2D eigenvalue weighted by atomic mass is 9.81. The van der Waals surface area contributed by atoms with E-state index >= 15 is 0 Å². The normalized spacial score (nSPS) is 25.1. The molecule has 2 heterocycles. The van der Waals surface area contributed by atoms with E-state index in [0.717, 1.165) is 17.5 Å². The summed E-state index contributed by atoms with van der Waals surface area (Å²) in [5.41, 5.74) is 1.03. The summed E-state index contributed by atoms with van der Waals surface area (Å²) in [7, 11) is 0. The lowest BCUT2D eigenvalue weighted by Crippen LogP contribution is -2.51. The maximum absolute atomic E-state index is 13.5. The molecule has 3 atom stereocenters. The summed E-state index contributed by atoms with van der Waals surface area (Å²) >= 11 is 6.51. The predicted octanol–water partition coefficient (Wildman–Crippen LogP) is 4.49. The lowest BCUT2D eigenvalue weighted by molar-refractivity contribution is -0.129. The minimum absolute atomic E-state index is 0.0260. The average Bonchev–Trinajstić information content (AvgIpc) is 2.99. The van der Waals surface area contributed by atoms with Gasteiger partial charge in [0.25, 0.3) is 0 Å². The standard InChI is InChI=1S/C24H27ClFNO5/c1-24(27-22(29)7-8-28)13-20(15-3-5-17(26)6-4-15)32-21(14-24)16-11-18(25)23-19(12-16)30-9-2-10-31-23/h3-6,11-12,20-21,28H,2,7-10,13-14H2,1H3,(H,27,29)/t20-,21+,24-/m0/s1. The molecule has 172 valence electrons. The molecule has 0 radical (unpaired) electrons. The van der Waals surface area contributed by atoms with Crippen molar-refractivity contribution in [1.29, 1.82) is 0 Å². The van der Waals surface area contributed by atoms with Crippen molar-refractivity contribution < 1.29 is 28.5 Å². The fourth-order valence-corrected chi connectivity index (χ4v) is 4.58. The minimum atomic E-state index is -0.606. The second-order valence-electron chi connectivity index (χ2n) is 8.54. The Labute approximate surface area is 191 Å². The Hall–Kier alpha value is -2.35. The molecule has 0 unspecified atom stereocenters. The van der Waals surface area contributed by atoms with E-state index < -0.39 is 11.6 Å². The number of rotatable bonds is 5. The number of halogens is 2. The van der Waals surface area contributed by atoms with Crippen LogP contribution in [0.25, 0.3) is 0 Å². The molecule has 4 rings (SSSR count). The largest absolute Gasteiger partial charge is 0.489 e. The third-order valence-corrected chi connectivity index (χ3v) is 6.10. The number of carbonyl (C=O) groups excluding carboxylic acids is 1. The fraction of sp³-hybridized carbons (Fsp3) is 0.458. The van der Waals surface area contributed by atoms with Gasteiger partial charge in [0.1, 0.15) is 5.82 Å². The van der Waals surface area contributed by atoms with E-state index in [-0.39, 0.29) is 30.9 Å². The highest BCUT2D eigenvalue weighted by molar-refractivity contribution is 6.32. The molecular weight excluding hydrogens is 437 g/mol. The van der Waals surface area contributed by atoms with E-state index in [2.05, 4.69) is 5.32 Å². The summed E-state index contributed by atoms with van der Waals surface area (Å²) in [6.07, 6.45) is 1.03. The van der Waals surface area contributed by atoms with Gasteiger partial charge in [-0.15, -0.1) is 0 Å². The van der Waals surface area contributed by atoms with Gasteiger partial charge >= 0.3 is 0 Å². The van der Waals surface area contributed by atoms with Crippen LogP contribution in [0.3, 0.4) is 0 Å². The van der Waals surface area contributed by atoms with Crippen LogP contribution in [0.4, 0.5) is 4.39 Å². The molecule has 0 bridgehead atoms. The summed E-state index contributed by atoms with van der Waals surface area (Å²) in [5, 5.41) is 12.6. The van der Waals surface area contributed by atoms with Crippen LogP contribution in [0.5, 0.6) is 11.5 Å². The van der Waals surface area contributed by atoms with Crippen LogP contribution in [-0.4, -0.2) is 36.4 Å². The van der Waals surface area contributed by atoms with Gasteiger partial charge in [0, 0.05) is 31.2 Å². The number of hydrogen-bond acceptors (Lipinski definition) is 5. The Morgan fingerprint density at radius 3 is 2.56 bits per heavy atom. The molecule has 1 fully saturated rings. The molecule has 6 nitrogen and oxygen atoms in total. The minimum Gasteiger partial charge on any atom is -0.489 e. The van der Waals surface area contributed by atoms with Crippen molar-refractivity contribution in [3.05, 3.63) is 58.4 Å². The molecule has 0 aliphatic carbocycles. The quantitative estimate of drug-likeness (QED) is 0.683. The highest BCUT2D eigenvalue weighted by Gasteiger charge is 2.40. The maximum atomic E-state index is 13.5. The number of aliphatic hydroxyl groups is 1. The Kier molecular flexibility index (Phi) is 6.88. The van der Waals surface area contributed by atoms with Gasteiger partial charge in [-0.05, 0) is 42.3 Å². The van der Waals surface area contributed by atoms with Gasteiger partial charge in [-0.2, -0.15) is 0 Å². The number of amides is 1. The van der Waals surface area contributed by atoms with E-state index in [9.17, 15) is 9.18 Å². The number of aliphatic hydroxyl groups excluding tert-OH is 1. The Morgan fingerprint density at radius 1 is 1.16 bits per heavy atom. The van der Waals surface area contributed by atoms with Crippen LogP contribution in [0, 0.1) is 5.82 Å². The van der Waals surface area contributed by atoms with Gasteiger partial charge in [-0.3, -0.25) is 4.79 Å². The lowest BCUT2D eigenvalue weighted by Gasteiger charge is -2.43. The van der Waals surface area contributed by atoms with Gasteiger partial charge in [0.2, 0.25) is 5.91 Å². The molecule has 2 aromatic rings. The van der Waals surface area contributed by atoms with Crippen LogP contribution in [0.1, 0.15) is 55.9 Å². The van der Waals surface area contributed by atoms with Crippen LogP contribution in [0.15, 0.2) is 36.4 Å². The van der Waals surface area contributed by atoms with Gasteiger partial charge in [0.05, 0.1) is 37.1 Å². The number of fused-ring (bicyclic) bond motifs is 1. The molecule has 0 saturated carbocycles. The first-order valence-electron chi connectivity index (χ1n) is 10.8. The zero-order valence-electron chi connectivity index (χ0n) is 17.9. The summed E-state index contributed by atoms with van der Waals surface area (Å²) in [6.45, 7) is 2.80. The van der Waals surface area contributed by atoms with E-state index in [1.54, 1.807) is 12.1 Å². The summed E-state index contributed by atoms with van der Waals surface area (Å²) in [5.74, 6) is 0.543. The van der Waals surface area contributed by atoms with Gasteiger partial charge in [-0.25, -0.2) is 4.39 Å². The van der Waals surface area contributed by atoms with Gasteiger partial charge in [0.15, 0.2) is 11.5 Å².